The lowest BCUT2D eigenvalue weighted by Gasteiger charge is -2.02. The van der Waals surface area contributed by atoms with Crippen molar-refractivity contribution >= 4 is 5.91 Å². The average Bonchev–Trinajstić information content (AvgIpc) is 3.19. The maximum absolute atomic E-state index is 12.1. The zero-order chi connectivity index (χ0) is 15.4. The number of rotatable bonds is 5. The number of carbonyl (C=O) groups is 1. The largest absolute Gasteiger partial charge is 0.469 e. The van der Waals surface area contributed by atoms with Crippen LogP contribution in [-0.2, 0) is 6.42 Å². The van der Waals surface area contributed by atoms with Gasteiger partial charge in [-0.1, -0.05) is 17.7 Å². The Bertz CT molecular complexity index is 743. The monoisotopic (exact) mass is 295 g/mol. The van der Waals surface area contributed by atoms with Gasteiger partial charge in [0.2, 0.25) is 0 Å². The van der Waals surface area contributed by atoms with Gasteiger partial charge in [0, 0.05) is 24.8 Å². The van der Waals surface area contributed by atoms with Gasteiger partial charge in [0.25, 0.3) is 5.91 Å². The number of hydrogen-bond donors (Lipinski definition) is 1. The number of carbonyl (C=O) groups excluding carboxylic acids is 1. The highest BCUT2D eigenvalue weighted by Crippen LogP contribution is 2.10. The molecule has 22 heavy (non-hydrogen) atoms. The van der Waals surface area contributed by atoms with Gasteiger partial charge in [-0.3, -0.25) is 4.79 Å². The maximum Gasteiger partial charge on any atom is 0.271 e. The van der Waals surface area contributed by atoms with Gasteiger partial charge in [0.1, 0.15) is 17.8 Å². The van der Waals surface area contributed by atoms with Crippen LogP contribution in [0.2, 0.25) is 0 Å². The molecule has 0 radical (unpaired) electrons. The summed E-state index contributed by atoms with van der Waals surface area (Å²) in [6, 6.07) is 11.8. The SMILES string of the molecule is Cc1ccc(-n2cnc(C(=O)NCCc3ccco3)c2)cc1. The number of benzene rings is 1. The predicted molar refractivity (Wildman–Crippen MR) is 83.0 cm³/mol. The van der Waals surface area contributed by atoms with Gasteiger partial charge in [-0.25, -0.2) is 4.98 Å². The molecule has 0 unspecified atom stereocenters. The molecule has 2 aromatic heterocycles. The molecule has 3 rings (SSSR count). The predicted octanol–water partition coefficient (Wildman–Crippen LogP) is 2.75. The average molecular weight is 295 g/mol. The second-order valence-corrected chi connectivity index (χ2v) is 5.09. The second kappa shape index (κ2) is 6.30. The molecule has 1 amide bonds. The minimum Gasteiger partial charge on any atom is -0.469 e. The van der Waals surface area contributed by atoms with Gasteiger partial charge in [-0.2, -0.15) is 0 Å². The van der Waals surface area contributed by atoms with Crippen LogP contribution in [-0.4, -0.2) is 22.0 Å². The van der Waals surface area contributed by atoms with Crippen LogP contribution in [0.3, 0.4) is 0 Å². The number of nitrogens with one attached hydrogen (secondary N) is 1. The van der Waals surface area contributed by atoms with E-state index in [9.17, 15) is 4.79 Å². The van der Waals surface area contributed by atoms with Crippen LogP contribution in [0.4, 0.5) is 0 Å². The molecule has 2 heterocycles. The van der Waals surface area contributed by atoms with Gasteiger partial charge in [-0.05, 0) is 31.2 Å². The van der Waals surface area contributed by atoms with Crippen LogP contribution >= 0.6 is 0 Å². The first-order chi connectivity index (χ1) is 10.7. The standard InChI is InChI=1S/C17H17N3O2/c1-13-4-6-14(7-5-13)20-11-16(19-12-20)17(21)18-9-8-15-3-2-10-22-15/h2-7,10-12H,8-9H2,1H3,(H,18,21). The van der Waals surface area contributed by atoms with Gasteiger partial charge in [0.15, 0.2) is 0 Å². The van der Waals surface area contributed by atoms with E-state index in [1.54, 1.807) is 18.8 Å². The van der Waals surface area contributed by atoms with Gasteiger partial charge >= 0.3 is 0 Å². The van der Waals surface area contributed by atoms with E-state index in [1.807, 2.05) is 47.9 Å². The highest BCUT2D eigenvalue weighted by atomic mass is 16.3. The topological polar surface area (TPSA) is 60.1 Å². The first kappa shape index (κ1) is 14.1. The van der Waals surface area contributed by atoms with Crippen LogP contribution in [0.25, 0.3) is 5.69 Å². The minimum atomic E-state index is -0.183. The molecule has 1 aromatic carbocycles. The van der Waals surface area contributed by atoms with Crippen LogP contribution in [0.1, 0.15) is 21.8 Å². The van der Waals surface area contributed by atoms with E-state index in [4.69, 9.17) is 4.42 Å². The molecule has 0 aliphatic heterocycles. The molecule has 5 nitrogen and oxygen atoms in total. The lowest BCUT2D eigenvalue weighted by Crippen LogP contribution is -2.25. The lowest BCUT2D eigenvalue weighted by molar-refractivity contribution is 0.0949. The summed E-state index contributed by atoms with van der Waals surface area (Å²) in [6.45, 7) is 2.55. The Morgan fingerprint density at radius 3 is 2.82 bits per heavy atom. The van der Waals surface area contributed by atoms with Crippen LogP contribution < -0.4 is 5.32 Å². The van der Waals surface area contributed by atoms with Crippen molar-refractivity contribution in [2.45, 2.75) is 13.3 Å². The van der Waals surface area contributed by atoms with E-state index in [0.717, 1.165) is 11.4 Å². The maximum atomic E-state index is 12.1. The number of imidazole rings is 1. The van der Waals surface area contributed by atoms with E-state index >= 15 is 0 Å². The molecule has 0 saturated heterocycles. The zero-order valence-electron chi connectivity index (χ0n) is 12.3. The summed E-state index contributed by atoms with van der Waals surface area (Å²) in [5.74, 6) is 0.669. The van der Waals surface area contributed by atoms with Gasteiger partial charge < -0.3 is 14.3 Å². The summed E-state index contributed by atoms with van der Waals surface area (Å²) >= 11 is 0. The summed E-state index contributed by atoms with van der Waals surface area (Å²) in [5, 5.41) is 2.84. The first-order valence-corrected chi connectivity index (χ1v) is 7.14. The van der Waals surface area contributed by atoms with Crippen molar-refractivity contribution in [2.75, 3.05) is 6.54 Å². The molecule has 112 valence electrons. The van der Waals surface area contributed by atoms with Crippen molar-refractivity contribution in [3.63, 3.8) is 0 Å². The molecule has 1 N–H and O–H groups in total. The van der Waals surface area contributed by atoms with E-state index < -0.39 is 0 Å². The summed E-state index contributed by atoms with van der Waals surface area (Å²) in [6.07, 6.45) is 5.66. The quantitative estimate of drug-likeness (QED) is 0.787. The summed E-state index contributed by atoms with van der Waals surface area (Å²) in [7, 11) is 0. The fourth-order valence-corrected chi connectivity index (χ4v) is 2.14. The van der Waals surface area contributed by atoms with Gasteiger partial charge in [-0.15, -0.1) is 0 Å². The highest BCUT2D eigenvalue weighted by molar-refractivity contribution is 5.92. The third-order valence-electron chi connectivity index (χ3n) is 3.38. The lowest BCUT2D eigenvalue weighted by atomic mass is 10.2. The summed E-state index contributed by atoms with van der Waals surface area (Å²) in [5.41, 5.74) is 2.58. The van der Waals surface area contributed by atoms with Crippen molar-refractivity contribution in [3.8, 4) is 5.69 Å². The molecule has 0 fully saturated rings. The fraction of sp³-hybridized carbons (Fsp3) is 0.176. The smallest absolute Gasteiger partial charge is 0.271 e. The van der Waals surface area contributed by atoms with Crippen LogP contribution in [0, 0.1) is 6.92 Å². The molecule has 0 bridgehead atoms. The summed E-state index contributed by atoms with van der Waals surface area (Å²) in [4.78, 5) is 16.2. The van der Waals surface area contributed by atoms with Crippen LogP contribution in [0.5, 0.6) is 0 Å². The Hall–Kier alpha value is -2.82. The molecule has 0 spiro atoms. The molecular formula is C17H17N3O2. The zero-order valence-corrected chi connectivity index (χ0v) is 12.3. The fourth-order valence-electron chi connectivity index (χ4n) is 2.14. The number of aryl methyl sites for hydroxylation is 1. The molecule has 5 heteroatoms. The first-order valence-electron chi connectivity index (χ1n) is 7.14. The van der Waals surface area contributed by atoms with Crippen molar-refractivity contribution in [1.29, 1.82) is 0 Å². The third kappa shape index (κ3) is 3.25. The number of amides is 1. The number of aromatic nitrogens is 2. The van der Waals surface area contributed by atoms with E-state index in [2.05, 4.69) is 10.3 Å². The summed E-state index contributed by atoms with van der Waals surface area (Å²) < 4.78 is 7.06. The van der Waals surface area contributed by atoms with Crippen molar-refractivity contribution in [3.05, 3.63) is 72.2 Å². The Morgan fingerprint density at radius 2 is 2.09 bits per heavy atom. The molecule has 0 aliphatic carbocycles. The Kier molecular flexibility index (Phi) is 4.05. The molecular weight excluding hydrogens is 278 g/mol. The highest BCUT2D eigenvalue weighted by Gasteiger charge is 2.09. The van der Waals surface area contributed by atoms with Crippen molar-refractivity contribution < 1.29 is 9.21 Å². The number of hydrogen-bond acceptors (Lipinski definition) is 3. The number of furan rings is 1. The Labute approximate surface area is 128 Å². The van der Waals surface area contributed by atoms with E-state index in [0.29, 0.717) is 18.7 Å². The second-order valence-electron chi connectivity index (χ2n) is 5.09. The normalized spacial score (nSPS) is 10.6. The Balaban J connectivity index is 1.60. The molecule has 0 atom stereocenters. The van der Waals surface area contributed by atoms with E-state index in [-0.39, 0.29) is 5.91 Å². The molecule has 3 aromatic rings. The van der Waals surface area contributed by atoms with Crippen molar-refractivity contribution in [1.82, 2.24) is 14.9 Å². The molecule has 0 aliphatic rings. The van der Waals surface area contributed by atoms with Gasteiger partial charge in [0.05, 0.1) is 6.26 Å². The van der Waals surface area contributed by atoms with Crippen molar-refractivity contribution in [2.24, 2.45) is 0 Å². The van der Waals surface area contributed by atoms with E-state index in [1.165, 1.54) is 5.56 Å². The Morgan fingerprint density at radius 1 is 1.27 bits per heavy atom. The molecule has 0 saturated carbocycles. The number of nitrogens with zero attached hydrogens (tertiary/aromatic N) is 2. The van der Waals surface area contributed by atoms with Crippen LogP contribution in [0.15, 0.2) is 59.6 Å². The third-order valence-corrected chi connectivity index (χ3v) is 3.38. The minimum absolute atomic E-state index is 0.183.